The summed E-state index contributed by atoms with van der Waals surface area (Å²) in [7, 11) is 2.92. The molecule has 2 aromatic rings. The first kappa shape index (κ1) is 18.4. The third kappa shape index (κ3) is 5.03. The Morgan fingerprint density at radius 3 is 2.12 bits per heavy atom. The maximum Gasteiger partial charge on any atom is 0.418 e. The maximum atomic E-state index is 12.9. The Morgan fingerprint density at radius 2 is 1.56 bits per heavy atom. The van der Waals surface area contributed by atoms with Crippen molar-refractivity contribution in [1.82, 2.24) is 0 Å². The number of para-hydroxylation sites is 1. The van der Waals surface area contributed by atoms with Crippen LogP contribution in [-0.2, 0) is 11.0 Å². The number of hydrogen-bond donors (Lipinski definition) is 1. The van der Waals surface area contributed by atoms with Crippen LogP contribution in [0, 0.1) is 0 Å². The summed E-state index contributed by atoms with van der Waals surface area (Å²) in [6, 6.07) is 9.39. The number of rotatable bonds is 6. The fraction of sp³-hybridized carbons (Fsp3) is 0.235. The van der Waals surface area contributed by atoms with Gasteiger partial charge in [0.25, 0.3) is 5.91 Å². The number of ether oxygens (including phenoxy) is 3. The number of carbonyl (C=O) groups is 1. The summed E-state index contributed by atoms with van der Waals surface area (Å²) in [5.41, 5.74) is -1.25. The minimum atomic E-state index is -4.56. The van der Waals surface area contributed by atoms with Crippen LogP contribution in [0.15, 0.2) is 42.5 Å². The number of methoxy groups -OCH3 is 2. The molecule has 0 aliphatic carbocycles. The Morgan fingerprint density at radius 1 is 1.00 bits per heavy atom. The number of carbonyl (C=O) groups excluding carboxylic acids is 1. The second kappa shape index (κ2) is 7.78. The van der Waals surface area contributed by atoms with Crippen LogP contribution in [0.4, 0.5) is 18.9 Å². The number of hydrogen-bond acceptors (Lipinski definition) is 4. The normalized spacial score (nSPS) is 10.9. The molecule has 0 saturated heterocycles. The van der Waals surface area contributed by atoms with Crippen molar-refractivity contribution in [3.8, 4) is 17.2 Å². The van der Waals surface area contributed by atoms with Gasteiger partial charge in [0.15, 0.2) is 6.61 Å². The smallest absolute Gasteiger partial charge is 0.418 e. The van der Waals surface area contributed by atoms with Gasteiger partial charge in [-0.1, -0.05) is 12.1 Å². The molecule has 0 atom stereocenters. The van der Waals surface area contributed by atoms with Gasteiger partial charge >= 0.3 is 6.18 Å². The van der Waals surface area contributed by atoms with Crippen LogP contribution in [0.25, 0.3) is 0 Å². The molecule has 5 nitrogen and oxygen atoms in total. The SMILES string of the molecule is COc1cc(OC)cc(OCC(=O)Nc2ccccc2C(F)(F)F)c1. The van der Waals surface area contributed by atoms with Gasteiger partial charge in [-0.3, -0.25) is 4.79 Å². The molecule has 0 heterocycles. The Labute approximate surface area is 142 Å². The van der Waals surface area contributed by atoms with E-state index in [9.17, 15) is 18.0 Å². The first-order valence-corrected chi connectivity index (χ1v) is 7.15. The van der Waals surface area contributed by atoms with E-state index in [0.29, 0.717) is 11.5 Å². The van der Waals surface area contributed by atoms with Crippen molar-refractivity contribution >= 4 is 11.6 Å². The average Bonchev–Trinajstić information content (AvgIpc) is 2.59. The molecule has 2 aromatic carbocycles. The standard InChI is InChI=1S/C17H16F3NO4/c1-23-11-7-12(24-2)9-13(8-11)25-10-16(22)21-15-6-4-3-5-14(15)17(18,19)20/h3-9H,10H2,1-2H3,(H,21,22). The first-order chi connectivity index (χ1) is 11.8. The van der Waals surface area contributed by atoms with E-state index in [0.717, 1.165) is 6.07 Å². The van der Waals surface area contributed by atoms with Crippen LogP contribution in [0.5, 0.6) is 17.2 Å². The molecule has 0 spiro atoms. The van der Waals surface area contributed by atoms with Gasteiger partial charge in [-0.25, -0.2) is 0 Å². The lowest BCUT2D eigenvalue weighted by Crippen LogP contribution is -2.22. The second-order valence-electron chi connectivity index (χ2n) is 4.93. The zero-order chi connectivity index (χ0) is 18.4. The van der Waals surface area contributed by atoms with Crippen molar-refractivity contribution in [3.63, 3.8) is 0 Å². The van der Waals surface area contributed by atoms with E-state index >= 15 is 0 Å². The van der Waals surface area contributed by atoms with Crippen LogP contribution in [-0.4, -0.2) is 26.7 Å². The number of anilines is 1. The highest BCUT2D eigenvalue weighted by Gasteiger charge is 2.33. The van der Waals surface area contributed by atoms with Crippen molar-refractivity contribution in [2.75, 3.05) is 26.1 Å². The molecule has 0 aliphatic rings. The predicted molar refractivity (Wildman–Crippen MR) is 85.1 cm³/mol. The van der Waals surface area contributed by atoms with Gasteiger partial charge in [0, 0.05) is 18.2 Å². The monoisotopic (exact) mass is 355 g/mol. The third-order valence-electron chi connectivity index (χ3n) is 3.20. The van der Waals surface area contributed by atoms with E-state index in [-0.39, 0.29) is 11.4 Å². The summed E-state index contributed by atoms with van der Waals surface area (Å²) in [6.45, 7) is -0.470. The van der Waals surface area contributed by atoms with Gasteiger partial charge in [0.05, 0.1) is 25.5 Å². The molecule has 8 heteroatoms. The van der Waals surface area contributed by atoms with E-state index < -0.39 is 24.3 Å². The molecular weight excluding hydrogens is 339 g/mol. The molecule has 0 fully saturated rings. The minimum Gasteiger partial charge on any atom is -0.496 e. The zero-order valence-corrected chi connectivity index (χ0v) is 13.5. The lowest BCUT2D eigenvalue weighted by Gasteiger charge is -2.14. The summed E-state index contributed by atoms with van der Waals surface area (Å²) >= 11 is 0. The largest absolute Gasteiger partial charge is 0.496 e. The molecule has 0 radical (unpaired) electrons. The number of alkyl halides is 3. The molecule has 0 aliphatic heterocycles. The van der Waals surface area contributed by atoms with Gasteiger partial charge in [-0.05, 0) is 12.1 Å². The molecule has 25 heavy (non-hydrogen) atoms. The maximum absolute atomic E-state index is 12.9. The Kier molecular flexibility index (Phi) is 5.74. The number of nitrogens with one attached hydrogen (secondary N) is 1. The van der Waals surface area contributed by atoms with E-state index in [1.165, 1.54) is 44.6 Å². The quantitative estimate of drug-likeness (QED) is 0.858. The Bertz CT molecular complexity index is 725. The third-order valence-corrected chi connectivity index (χ3v) is 3.20. The number of halogens is 3. The summed E-state index contributed by atoms with van der Waals surface area (Å²) < 4.78 is 54.2. The van der Waals surface area contributed by atoms with Crippen LogP contribution >= 0.6 is 0 Å². The first-order valence-electron chi connectivity index (χ1n) is 7.15. The lowest BCUT2D eigenvalue weighted by atomic mass is 10.1. The van der Waals surface area contributed by atoms with E-state index in [4.69, 9.17) is 14.2 Å². The predicted octanol–water partition coefficient (Wildman–Crippen LogP) is 3.74. The van der Waals surface area contributed by atoms with Gasteiger partial charge < -0.3 is 19.5 Å². The summed E-state index contributed by atoms with van der Waals surface area (Å²) in [6.07, 6.45) is -4.56. The highest BCUT2D eigenvalue weighted by atomic mass is 19.4. The van der Waals surface area contributed by atoms with Crippen molar-refractivity contribution in [1.29, 1.82) is 0 Å². The topological polar surface area (TPSA) is 56.8 Å². The molecule has 0 unspecified atom stereocenters. The minimum absolute atomic E-state index is 0.287. The summed E-state index contributed by atoms with van der Waals surface area (Å²) in [5.74, 6) is 0.475. The Hall–Kier alpha value is -2.90. The zero-order valence-electron chi connectivity index (χ0n) is 13.5. The van der Waals surface area contributed by atoms with Crippen LogP contribution in [0.3, 0.4) is 0 Å². The highest BCUT2D eigenvalue weighted by Crippen LogP contribution is 2.34. The number of benzene rings is 2. The van der Waals surface area contributed by atoms with Crippen molar-refractivity contribution in [2.45, 2.75) is 6.18 Å². The average molecular weight is 355 g/mol. The van der Waals surface area contributed by atoms with Crippen LogP contribution in [0.2, 0.25) is 0 Å². The van der Waals surface area contributed by atoms with E-state index in [1.807, 2.05) is 0 Å². The molecule has 1 amide bonds. The fourth-order valence-corrected chi connectivity index (χ4v) is 2.04. The Balaban J connectivity index is 2.05. The van der Waals surface area contributed by atoms with Crippen molar-refractivity contribution < 1.29 is 32.2 Å². The molecule has 134 valence electrons. The fourth-order valence-electron chi connectivity index (χ4n) is 2.04. The van der Waals surface area contributed by atoms with Crippen LogP contribution in [0.1, 0.15) is 5.56 Å². The van der Waals surface area contributed by atoms with E-state index in [2.05, 4.69) is 5.32 Å². The summed E-state index contributed by atoms with van der Waals surface area (Å²) in [4.78, 5) is 11.9. The van der Waals surface area contributed by atoms with Crippen molar-refractivity contribution in [2.24, 2.45) is 0 Å². The molecule has 0 aromatic heterocycles. The summed E-state index contributed by atoms with van der Waals surface area (Å²) in [5, 5.41) is 2.20. The second-order valence-corrected chi connectivity index (χ2v) is 4.93. The van der Waals surface area contributed by atoms with Gasteiger partial charge in [0.1, 0.15) is 17.2 Å². The molecular formula is C17H16F3NO4. The lowest BCUT2D eigenvalue weighted by molar-refractivity contribution is -0.137. The highest BCUT2D eigenvalue weighted by molar-refractivity contribution is 5.92. The van der Waals surface area contributed by atoms with Gasteiger partial charge in [-0.15, -0.1) is 0 Å². The van der Waals surface area contributed by atoms with Crippen molar-refractivity contribution in [3.05, 3.63) is 48.0 Å². The van der Waals surface area contributed by atoms with Gasteiger partial charge in [-0.2, -0.15) is 13.2 Å². The van der Waals surface area contributed by atoms with E-state index in [1.54, 1.807) is 6.07 Å². The molecule has 0 saturated carbocycles. The molecule has 1 N–H and O–H groups in total. The molecule has 0 bridgehead atoms. The van der Waals surface area contributed by atoms with Gasteiger partial charge in [0.2, 0.25) is 0 Å². The van der Waals surface area contributed by atoms with Crippen LogP contribution < -0.4 is 19.5 Å². The number of amides is 1. The molecule has 2 rings (SSSR count).